The van der Waals surface area contributed by atoms with Crippen LogP contribution in [0, 0.1) is 0 Å². The first-order valence-electron chi connectivity index (χ1n) is 9.23. The normalized spacial score (nSPS) is 12.8. The molecule has 0 unspecified atom stereocenters. The predicted octanol–water partition coefficient (Wildman–Crippen LogP) is 4.30. The molecule has 3 aromatic carbocycles. The second kappa shape index (κ2) is 8.49. The van der Waals surface area contributed by atoms with Crippen molar-refractivity contribution in [3.8, 4) is 0 Å². The van der Waals surface area contributed by atoms with Crippen LogP contribution in [0.1, 0.15) is 26.3 Å². The fourth-order valence-electron chi connectivity index (χ4n) is 3.21. The summed E-state index contributed by atoms with van der Waals surface area (Å²) in [6, 6.07) is 20.5. The van der Waals surface area contributed by atoms with E-state index in [2.05, 4.69) is 5.32 Å². The zero-order chi connectivity index (χ0) is 21.1. The van der Waals surface area contributed by atoms with Gasteiger partial charge in [0.05, 0.1) is 23.4 Å². The lowest BCUT2D eigenvalue weighted by Gasteiger charge is -2.15. The van der Waals surface area contributed by atoms with Crippen molar-refractivity contribution in [3.05, 3.63) is 94.5 Å². The lowest BCUT2D eigenvalue weighted by Crippen LogP contribution is -2.29. The van der Waals surface area contributed by atoms with Crippen LogP contribution in [0.2, 0.25) is 5.02 Å². The molecule has 30 heavy (non-hydrogen) atoms. The van der Waals surface area contributed by atoms with Crippen molar-refractivity contribution in [2.45, 2.75) is 6.61 Å². The summed E-state index contributed by atoms with van der Waals surface area (Å²) >= 11 is 6.07. The maximum absolute atomic E-state index is 12.6. The van der Waals surface area contributed by atoms with E-state index in [9.17, 15) is 14.4 Å². The number of hydrogen-bond acceptors (Lipinski definition) is 4. The summed E-state index contributed by atoms with van der Waals surface area (Å²) in [7, 11) is 0. The number of halogens is 1. The monoisotopic (exact) mass is 420 g/mol. The number of anilines is 2. The van der Waals surface area contributed by atoms with E-state index in [0.717, 1.165) is 10.5 Å². The number of ether oxygens (including phenoxy) is 1. The maximum atomic E-state index is 12.6. The Morgan fingerprint density at radius 2 is 1.57 bits per heavy atom. The van der Waals surface area contributed by atoms with E-state index in [1.807, 2.05) is 18.2 Å². The third-order valence-corrected chi connectivity index (χ3v) is 5.00. The van der Waals surface area contributed by atoms with Crippen molar-refractivity contribution in [1.82, 2.24) is 0 Å². The van der Waals surface area contributed by atoms with E-state index < -0.39 is 0 Å². The van der Waals surface area contributed by atoms with Gasteiger partial charge in [-0.15, -0.1) is 0 Å². The summed E-state index contributed by atoms with van der Waals surface area (Å²) in [6.07, 6.45) is 0. The van der Waals surface area contributed by atoms with Gasteiger partial charge >= 0.3 is 0 Å². The molecule has 7 heteroatoms. The van der Waals surface area contributed by atoms with E-state index in [0.29, 0.717) is 27.5 Å². The molecule has 0 atom stereocenters. The van der Waals surface area contributed by atoms with Gasteiger partial charge in [0.2, 0.25) is 5.91 Å². The molecule has 6 nitrogen and oxygen atoms in total. The third kappa shape index (κ3) is 3.96. The first-order valence-corrected chi connectivity index (χ1v) is 9.61. The second-order valence-electron chi connectivity index (χ2n) is 6.67. The van der Waals surface area contributed by atoms with Gasteiger partial charge in [0.15, 0.2) is 0 Å². The summed E-state index contributed by atoms with van der Waals surface area (Å²) in [5.74, 6) is -1.13. The van der Waals surface area contributed by atoms with Gasteiger partial charge < -0.3 is 10.1 Å². The number of carbonyl (C=O) groups is 3. The van der Waals surface area contributed by atoms with Crippen LogP contribution in [0.15, 0.2) is 72.8 Å². The van der Waals surface area contributed by atoms with Crippen LogP contribution >= 0.6 is 11.6 Å². The molecular weight excluding hydrogens is 404 g/mol. The van der Waals surface area contributed by atoms with Crippen molar-refractivity contribution in [2.24, 2.45) is 0 Å². The summed E-state index contributed by atoms with van der Waals surface area (Å²) < 4.78 is 5.43. The number of fused-ring (bicyclic) bond motifs is 1. The molecule has 0 saturated carbocycles. The smallest absolute Gasteiger partial charge is 0.266 e. The molecule has 1 aliphatic rings. The molecule has 0 radical (unpaired) electrons. The van der Waals surface area contributed by atoms with Gasteiger partial charge in [0, 0.05) is 10.7 Å². The Labute approximate surface area is 178 Å². The highest BCUT2D eigenvalue weighted by molar-refractivity contribution is 6.34. The molecule has 1 aliphatic heterocycles. The molecule has 3 aromatic rings. The average molecular weight is 421 g/mol. The summed E-state index contributed by atoms with van der Waals surface area (Å²) in [5, 5.41) is 3.29. The standard InChI is InChI=1S/C23H17ClN2O4/c24-20-11-4-1-6-15(20)13-30-14-21(27)25-16-7-5-8-17(12-16)26-22(28)18-9-2-3-10-19(18)23(26)29/h1-12H,13-14H2,(H,25,27). The van der Waals surface area contributed by atoms with Gasteiger partial charge in [-0.3, -0.25) is 14.4 Å². The highest BCUT2D eigenvalue weighted by Crippen LogP contribution is 2.29. The van der Waals surface area contributed by atoms with Crippen molar-refractivity contribution in [3.63, 3.8) is 0 Å². The Morgan fingerprint density at radius 1 is 0.900 bits per heavy atom. The molecule has 150 valence electrons. The Kier molecular flexibility index (Phi) is 5.61. The molecule has 1 N–H and O–H groups in total. The first kappa shape index (κ1) is 19.8. The number of nitrogens with zero attached hydrogens (tertiary/aromatic N) is 1. The molecule has 0 bridgehead atoms. The van der Waals surface area contributed by atoms with Crippen molar-refractivity contribution >= 4 is 40.7 Å². The van der Waals surface area contributed by atoms with Crippen molar-refractivity contribution in [2.75, 3.05) is 16.8 Å². The Bertz CT molecular complexity index is 1110. The molecule has 0 fully saturated rings. The van der Waals surface area contributed by atoms with Crippen molar-refractivity contribution in [1.29, 1.82) is 0 Å². The molecule has 0 aromatic heterocycles. The van der Waals surface area contributed by atoms with Gasteiger partial charge in [-0.05, 0) is 42.0 Å². The largest absolute Gasteiger partial charge is 0.367 e. The third-order valence-electron chi connectivity index (χ3n) is 4.63. The Balaban J connectivity index is 1.40. The highest BCUT2D eigenvalue weighted by Gasteiger charge is 2.36. The summed E-state index contributed by atoms with van der Waals surface area (Å²) in [4.78, 5) is 38.6. The number of benzene rings is 3. The molecule has 3 amide bonds. The fraction of sp³-hybridized carbons (Fsp3) is 0.0870. The minimum Gasteiger partial charge on any atom is -0.367 e. The van der Waals surface area contributed by atoms with Gasteiger partial charge in [-0.25, -0.2) is 4.90 Å². The lowest BCUT2D eigenvalue weighted by molar-refractivity contribution is -0.121. The quantitative estimate of drug-likeness (QED) is 0.603. The summed E-state index contributed by atoms with van der Waals surface area (Å²) in [6.45, 7) is 0.0463. The average Bonchev–Trinajstić information content (AvgIpc) is 3.00. The van der Waals surface area contributed by atoms with Crippen LogP contribution < -0.4 is 10.2 Å². The number of carbonyl (C=O) groups excluding carboxylic acids is 3. The second-order valence-corrected chi connectivity index (χ2v) is 7.08. The highest BCUT2D eigenvalue weighted by atomic mass is 35.5. The van der Waals surface area contributed by atoms with Crippen LogP contribution in [0.25, 0.3) is 0 Å². The topological polar surface area (TPSA) is 75.7 Å². The van der Waals surface area contributed by atoms with Gasteiger partial charge in [0.1, 0.15) is 6.61 Å². The van der Waals surface area contributed by atoms with E-state index in [4.69, 9.17) is 16.3 Å². The Morgan fingerprint density at radius 3 is 2.27 bits per heavy atom. The lowest BCUT2D eigenvalue weighted by atomic mass is 10.1. The zero-order valence-electron chi connectivity index (χ0n) is 15.8. The minimum atomic E-state index is -0.387. The van der Waals surface area contributed by atoms with Crippen LogP contribution in [-0.4, -0.2) is 24.3 Å². The number of imide groups is 1. The van der Waals surface area contributed by atoms with Crippen molar-refractivity contribution < 1.29 is 19.1 Å². The van der Waals surface area contributed by atoms with E-state index in [1.165, 1.54) is 0 Å². The van der Waals surface area contributed by atoms with Gasteiger partial charge in [0.25, 0.3) is 11.8 Å². The van der Waals surface area contributed by atoms with Gasteiger partial charge in [-0.1, -0.05) is 48.0 Å². The predicted molar refractivity (Wildman–Crippen MR) is 114 cm³/mol. The molecule has 1 heterocycles. The number of rotatable bonds is 6. The first-order chi connectivity index (χ1) is 14.5. The summed E-state index contributed by atoms with van der Waals surface area (Å²) in [5.41, 5.74) is 2.36. The number of amides is 3. The molecule has 0 spiro atoms. The number of hydrogen-bond donors (Lipinski definition) is 1. The fourth-order valence-corrected chi connectivity index (χ4v) is 3.40. The maximum Gasteiger partial charge on any atom is 0.266 e. The molecule has 0 aliphatic carbocycles. The SMILES string of the molecule is O=C(COCc1ccccc1Cl)Nc1cccc(N2C(=O)c3ccccc3C2=O)c1. The zero-order valence-corrected chi connectivity index (χ0v) is 16.6. The van der Waals surface area contributed by atoms with E-state index in [-0.39, 0.29) is 30.9 Å². The molecule has 0 saturated heterocycles. The van der Waals surface area contributed by atoms with Crippen LogP contribution in [0.5, 0.6) is 0 Å². The van der Waals surface area contributed by atoms with Crippen LogP contribution in [0.4, 0.5) is 11.4 Å². The van der Waals surface area contributed by atoms with Gasteiger partial charge in [-0.2, -0.15) is 0 Å². The van der Waals surface area contributed by atoms with Crippen LogP contribution in [0.3, 0.4) is 0 Å². The molecule has 4 rings (SSSR count). The van der Waals surface area contributed by atoms with E-state index >= 15 is 0 Å². The van der Waals surface area contributed by atoms with Crippen LogP contribution in [-0.2, 0) is 16.1 Å². The minimum absolute atomic E-state index is 0.164. The molecular formula is C23H17ClN2O4. The Hall–Kier alpha value is -3.48. The number of nitrogens with one attached hydrogen (secondary N) is 1. The van der Waals surface area contributed by atoms with E-state index in [1.54, 1.807) is 54.6 Å².